The molecule has 2 aliphatic rings. The molecule has 3 rings (SSSR count). The first-order chi connectivity index (χ1) is 11.5. The maximum atomic E-state index is 12.7. The number of likely N-dealkylation sites (tertiary alicyclic amines) is 1. The normalized spacial score (nSPS) is 25.4. The summed E-state index contributed by atoms with van der Waals surface area (Å²) in [4.78, 5) is 26.2. The zero-order valence-corrected chi connectivity index (χ0v) is 14.4. The van der Waals surface area contributed by atoms with Crippen molar-refractivity contribution in [2.75, 3.05) is 19.7 Å². The Labute approximate surface area is 142 Å². The van der Waals surface area contributed by atoms with E-state index in [9.17, 15) is 9.59 Å². The van der Waals surface area contributed by atoms with Crippen molar-refractivity contribution in [2.24, 2.45) is 17.6 Å². The van der Waals surface area contributed by atoms with E-state index in [1.54, 1.807) is 12.3 Å². The quantitative estimate of drug-likeness (QED) is 0.914. The summed E-state index contributed by atoms with van der Waals surface area (Å²) in [5.74, 6) is 0.803. The second kappa shape index (κ2) is 6.97. The first-order valence-corrected chi connectivity index (χ1v) is 8.76. The van der Waals surface area contributed by atoms with Crippen molar-refractivity contribution in [1.29, 1.82) is 0 Å². The molecule has 2 fully saturated rings. The smallest absolute Gasteiger partial charge is 0.257 e. The van der Waals surface area contributed by atoms with E-state index >= 15 is 0 Å². The molecule has 1 aromatic heterocycles. The first kappa shape index (κ1) is 17.0. The van der Waals surface area contributed by atoms with Crippen LogP contribution in [0, 0.1) is 11.8 Å². The van der Waals surface area contributed by atoms with Crippen molar-refractivity contribution in [1.82, 2.24) is 4.90 Å². The molecular formula is C18H26N2O4. The Bertz CT molecular complexity index is 602. The molecule has 2 atom stereocenters. The third-order valence-corrected chi connectivity index (χ3v) is 5.24. The number of ether oxygens (including phenoxy) is 1. The maximum Gasteiger partial charge on any atom is 0.257 e. The predicted octanol–water partition coefficient (Wildman–Crippen LogP) is 2.15. The van der Waals surface area contributed by atoms with Gasteiger partial charge in [-0.1, -0.05) is 13.8 Å². The van der Waals surface area contributed by atoms with Crippen LogP contribution in [0.4, 0.5) is 0 Å². The van der Waals surface area contributed by atoms with Crippen molar-refractivity contribution in [2.45, 2.75) is 45.1 Å². The van der Waals surface area contributed by atoms with E-state index in [-0.39, 0.29) is 29.8 Å². The van der Waals surface area contributed by atoms with E-state index in [0.29, 0.717) is 37.6 Å². The average molecular weight is 334 g/mol. The number of furan rings is 1. The zero-order chi connectivity index (χ0) is 17.3. The van der Waals surface area contributed by atoms with Crippen molar-refractivity contribution in [3.8, 4) is 0 Å². The monoisotopic (exact) mass is 334 g/mol. The van der Waals surface area contributed by atoms with Gasteiger partial charge in [0.05, 0.1) is 23.8 Å². The number of hydrogen-bond donors (Lipinski definition) is 1. The van der Waals surface area contributed by atoms with E-state index < -0.39 is 0 Å². The second-order valence-corrected chi connectivity index (χ2v) is 7.12. The Kier molecular flexibility index (Phi) is 4.94. The van der Waals surface area contributed by atoms with Crippen LogP contribution in [0.15, 0.2) is 16.7 Å². The van der Waals surface area contributed by atoms with Crippen LogP contribution in [0.25, 0.3) is 0 Å². The molecule has 24 heavy (non-hydrogen) atoms. The van der Waals surface area contributed by atoms with E-state index in [1.807, 2.05) is 18.7 Å². The number of amides is 2. The molecule has 1 aromatic rings. The molecule has 6 nitrogen and oxygen atoms in total. The molecule has 6 heteroatoms. The fourth-order valence-corrected chi connectivity index (χ4v) is 3.93. The van der Waals surface area contributed by atoms with Gasteiger partial charge in [0.1, 0.15) is 5.76 Å². The van der Waals surface area contributed by atoms with Gasteiger partial charge in [0.15, 0.2) is 0 Å². The topological polar surface area (TPSA) is 85.8 Å². The number of rotatable bonds is 4. The van der Waals surface area contributed by atoms with Gasteiger partial charge in [-0.05, 0) is 31.2 Å². The van der Waals surface area contributed by atoms with Crippen LogP contribution < -0.4 is 5.73 Å². The van der Waals surface area contributed by atoms with Gasteiger partial charge < -0.3 is 19.8 Å². The van der Waals surface area contributed by atoms with E-state index in [2.05, 4.69) is 0 Å². The predicted molar refractivity (Wildman–Crippen MR) is 88.5 cm³/mol. The van der Waals surface area contributed by atoms with Gasteiger partial charge >= 0.3 is 0 Å². The molecule has 0 bridgehead atoms. The summed E-state index contributed by atoms with van der Waals surface area (Å²) in [7, 11) is 0. The SMILES string of the molecule is CC(C)c1occc1C(=O)N1CCC([C@H]2OCC[C@@H]2C(N)=O)CC1. The van der Waals surface area contributed by atoms with Gasteiger partial charge in [0.2, 0.25) is 5.91 Å². The van der Waals surface area contributed by atoms with Crippen LogP contribution in [0.3, 0.4) is 0 Å². The summed E-state index contributed by atoms with van der Waals surface area (Å²) in [5.41, 5.74) is 6.15. The highest BCUT2D eigenvalue weighted by Gasteiger charge is 2.40. The van der Waals surface area contributed by atoms with Gasteiger partial charge in [0.25, 0.3) is 5.91 Å². The Morgan fingerprint density at radius 1 is 1.25 bits per heavy atom. The number of nitrogens with two attached hydrogens (primary N) is 1. The molecule has 0 aliphatic carbocycles. The summed E-state index contributed by atoms with van der Waals surface area (Å²) in [6, 6.07) is 1.76. The molecule has 2 amide bonds. The molecule has 0 radical (unpaired) electrons. The Hall–Kier alpha value is -1.82. The van der Waals surface area contributed by atoms with Crippen molar-refractivity contribution in [3.63, 3.8) is 0 Å². The average Bonchev–Trinajstić information content (AvgIpc) is 3.23. The molecule has 2 saturated heterocycles. The minimum Gasteiger partial charge on any atom is -0.468 e. The molecule has 2 N–H and O–H groups in total. The summed E-state index contributed by atoms with van der Waals surface area (Å²) >= 11 is 0. The summed E-state index contributed by atoms with van der Waals surface area (Å²) in [6.07, 6.45) is 3.90. The van der Waals surface area contributed by atoms with Crippen LogP contribution in [-0.2, 0) is 9.53 Å². The molecule has 0 saturated carbocycles. The highest BCUT2D eigenvalue weighted by atomic mass is 16.5. The van der Waals surface area contributed by atoms with Crippen molar-refractivity contribution < 1.29 is 18.7 Å². The molecule has 0 spiro atoms. The third kappa shape index (κ3) is 3.20. The van der Waals surface area contributed by atoms with Gasteiger partial charge in [-0.25, -0.2) is 0 Å². The summed E-state index contributed by atoms with van der Waals surface area (Å²) < 4.78 is 11.2. The van der Waals surface area contributed by atoms with Crippen LogP contribution in [-0.4, -0.2) is 42.5 Å². The Balaban J connectivity index is 1.62. The molecular weight excluding hydrogens is 308 g/mol. The van der Waals surface area contributed by atoms with Gasteiger partial charge in [0, 0.05) is 25.6 Å². The van der Waals surface area contributed by atoms with Crippen LogP contribution in [0.5, 0.6) is 0 Å². The molecule has 2 aliphatic heterocycles. The lowest BCUT2D eigenvalue weighted by Crippen LogP contribution is -2.44. The largest absolute Gasteiger partial charge is 0.468 e. The van der Waals surface area contributed by atoms with Crippen LogP contribution in [0.1, 0.15) is 55.1 Å². The minimum atomic E-state index is -0.268. The zero-order valence-electron chi connectivity index (χ0n) is 14.4. The van der Waals surface area contributed by atoms with E-state index in [4.69, 9.17) is 14.9 Å². The lowest BCUT2D eigenvalue weighted by atomic mass is 9.84. The standard InChI is InChI=1S/C18H26N2O4/c1-11(2)15-14(6-10-23-15)18(22)20-7-3-12(4-8-20)16-13(17(19)21)5-9-24-16/h6,10-13,16H,3-5,7-9H2,1-2H3,(H2,19,21)/t13-,16+/m0/s1. The molecule has 132 valence electrons. The Morgan fingerprint density at radius 3 is 2.58 bits per heavy atom. The fraction of sp³-hybridized carbons (Fsp3) is 0.667. The molecule has 0 unspecified atom stereocenters. The van der Waals surface area contributed by atoms with Gasteiger partial charge in [-0.3, -0.25) is 9.59 Å². The lowest BCUT2D eigenvalue weighted by Gasteiger charge is -2.35. The van der Waals surface area contributed by atoms with Crippen LogP contribution >= 0.6 is 0 Å². The van der Waals surface area contributed by atoms with Gasteiger partial charge in [-0.2, -0.15) is 0 Å². The number of piperidine rings is 1. The second-order valence-electron chi connectivity index (χ2n) is 7.12. The number of nitrogens with zero attached hydrogens (tertiary/aromatic N) is 1. The molecule has 0 aromatic carbocycles. The highest BCUT2D eigenvalue weighted by Crippen LogP contribution is 2.33. The van der Waals surface area contributed by atoms with Crippen molar-refractivity contribution in [3.05, 3.63) is 23.7 Å². The third-order valence-electron chi connectivity index (χ3n) is 5.24. The first-order valence-electron chi connectivity index (χ1n) is 8.76. The number of primary amides is 1. The summed E-state index contributed by atoms with van der Waals surface area (Å²) in [5, 5.41) is 0. The fourth-order valence-electron chi connectivity index (χ4n) is 3.93. The number of carbonyl (C=O) groups is 2. The Morgan fingerprint density at radius 2 is 1.96 bits per heavy atom. The van der Waals surface area contributed by atoms with Crippen LogP contribution in [0.2, 0.25) is 0 Å². The minimum absolute atomic E-state index is 0.0321. The summed E-state index contributed by atoms with van der Waals surface area (Å²) in [6.45, 7) is 5.99. The highest BCUT2D eigenvalue weighted by molar-refractivity contribution is 5.95. The maximum absolute atomic E-state index is 12.7. The van der Waals surface area contributed by atoms with E-state index in [0.717, 1.165) is 18.6 Å². The number of hydrogen-bond acceptors (Lipinski definition) is 4. The van der Waals surface area contributed by atoms with E-state index in [1.165, 1.54) is 0 Å². The molecule has 3 heterocycles. The van der Waals surface area contributed by atoms with Gasteiger partial charge in [-0.15, -0.1) is 0 Å². The number of carbonyl (C=O) groups excluding carboxylic acids is 2. The lowest BCUT2D eigenvalue weighted by molar-refractivity contribution is -0.124. The van der Waals surface area contributed by atoms with Crippen molar-refractivity contribution >= 4 is 11.8 Å².